The third-order valence-electron chi connectivity index (χ3n) is 7.13. The molecule has 1 aliphatic rings. The number of hydrogen-bond acceptors (Lipinski definition) is 6. The van der Waals surface area contributed by atoms with Crippen LogP contribution in [0.4, 0.5) is 0 Å². The predicted molar refractivity (Wildman–Crippen MR) is 155 cm³/mol. The molecule has 41 heavy (non-hydrogen) atoms. The third-order valence-corrected chi connectivity index (χ3v) is 7.72. The number of hydrogen-bond donors (Lipinski definition) is 5. The van der Waals surface area contributed by atoms with Gasteiger partial charge in [-0.15, -0.1) is 0 Å². The number of carbonyl (C=O) groups excluding carboxylic acids is 3. The molecular weight excluding hydrogens is 569 g/mol. The number of aliphatic hydroxyl groups is 2. The van der Waals surface area contributed by atoms with Crippen LogP contribution in [-0.2, 0) is 22.6 Å². The van der Waals surface area contributed by atoms with Crippen LogP contribution in [0, 0.1) is 6.92 Å². The number of aromatic hydroxyl groups is 1. The highest BCUT2D eigenvalue weighted by atomic mass is 35.5. The number of carbonyl (C=O) groups is 3. The van der Waals surface area contributed by atoms with Crippen LogP contribution in [0.15, 0.2) is 66.7 Å². The highest BCUT2D eigenvalue weighted by Gasteiger charge is 2.42. The summed E-state index contributed by atoms with van der Waals surface area (Å²) in [6.07, 6.45) is -2.61. The van der Waals surface area contributed by atoms with E-state index >= 15 is 0 Å². The molecule has 1 fully saturated rings. The summed E-state index contributed by atoms with van der Waals surface area (Å²) in [5.41, 5.74) is 1.92. The Morgan fingerprint density at radius 3 is 2.49 bits per heavy atom. The molecule has 4 rings (SSSR count). The van der Waals surface area contributed by atoms with Gasteiger partial charge in [-0.2, -0.15) is 0 Å². The number of nitrogens with one attached hydrogen (secondary N) is 2. The Balaban J connectivity index is 1.52. The van der Waals surface area contributed by atoms with Crippen LogP contribution in [-0.4, -0.2) is 68.8 Å². The van der Waals surface area contributed by atoms with Crippen LogP contribution in [0.1, 0.15) is 33.5 Å². The van der Waals surface area contributed by atoms with E-state index in [0.29, 0.717) is 21.2 Å². The van der Waals surface area contributed by atoms with Gasteiger partial charge in [-0.1, -0.05) is 65.7 Å². The van der Waals surface area contributed by atoms with Gasteiger partial charge in [0.15, 0.2) is 6.10 Å². The van der Waals surface area contributed by atoms with Crippen molar-refractivity contribution in [3.8, 4) is 5.75 Å². The summed E-state index contributed by atoms with van der Waals surface area (Å²) in [6, 6.07) is 16.3. The normalized spacial score (nSPS) is 18.0. The Morgan fingerprint density at radius 1 is 1.05 bits per heavy atom. The van der Waals surface area contributed by atoms with E-state index in [9.17, 15) is 29.7 Å². The second-order valence-corrected chi connectivity index (χ2v) is 10.9. The molecule has 3 aromatic carbocycles. The zero-order valence-electron chi connectivity index (χ0n) is 22.3. The number of rotatable bonds is 9. The smallest absolute Gasteiger partial charge is 0.254 e. The van der Waals surface area contributed by atoms with Gasteiger partial charge in [0.1, 0.15) is 11.8 Å². The SMILES string of the molecule is Cc1c(O)cccc1C(=O)N[C@@H](Cc1ccccc1)[C@H](O)C(=O)N1C[C@H](O)C[C@H]1C(=O)NCc1ccc(Cl)cc1Cl. The first-order valence-electron chi connectivity index (χ1n) is 13.1. The number of nitrogens with zero attached hydrogens (tertiary/aromatic N) is 1. The van der Waals surface area contributed by atoms with Crippen LogP contribution in [0.5, 0.6) is 5.75 Å². The molecule has 0 unspecified atom stereocenters. The lowest BCUT2D eigenvalue weighted by Gasteiger charge is -2.30. The molecule has 0 aromatic heterocycles. The minimum Gasteiger partial charge on any atom is -0.508 e. The largest absolute Gasteiger partial charge is 0.508 e. The summed E-state index contributed by atoms with van der Waals surface area (Å²) < 4.78 is 0. The number of phenols is 1. The first-order chi connectivity index (χ1) is 19.5. The van der Waals surface area contributed by atoms with Gasteiger partial charge in [0.05, 0.1) is 12.1 Å². The molecular formula is C30H31Cl2N3O6. The van der Waals surface area contributed by atoms with E-state index in [1.165, 1.54) is 18.2 Å². The van der Waals surface area contributed by atoms with Gasteiger partial charge < -0.3 is 30.9 Å². The van der Waals surface area contributed by atoms with Gasteiger partial charge in [-0.05, 0) is 48.7 Å². The highest BCUT2D eigenvalue weighted by Crippen LogP contribution is 2.24. The lowest BCUT2D eigenvalue weighted by Crippen LogP contribution is -2.55. The molecule has 5 N–H and O–H groups in total. The Labute approximate surface area is 247 Å². The monoisotopic (exact) mass is 599 g/mol. The maximum Gasteiger partial charge on any atom is 0.254 e. The molecule has 9 nitrogen and oxygen atoms in total. The van der Waals surface area contributed by atoms with Gasteiger partial charge in [0.2, 0.25) is 5.91 Å². The van der Waals surface area contributed by atoms with E-state index in [2.05, 4.69) is 10.6 Å². The van der Waals surface area contributed by atoms with Crippen molar-refractivity contribution < 1.29 is 29.7 Å². The van der Waals surface area contributed by atoms with Crippen molar-refractivity contribution in [1.82, 2.24) is 15.5 Å². The standard InChI is InChI=1S/C30H31Cl2N3O6/c1-17-22(8-5-9-26(17)37)28(39)34-24(12-18-6-3-2-4-7-18)27(38)30(41)35-16-21(36)14-25(35)29(40)33-15-19-10-11-20(31)13-23(19)32/h2-11,13,21,24-25,27,36-38H,12,14-16H2,1H3,(H,33,40)(H,34,39)/t21-,24+,25+,27+/m1/s1. The van der Waals surface area contributed by atoms with E-state index in [1.54, 1.807) is 49.4 Å². The van der Waals surface area contributed by atoms with Gasteiger partial charge in [-0.25, -0.2) is 0 Å². The van der Waals surface area contributed by atoms with Crippen molar-refractivity contribution in [2.75, 3.05) is 6.54 Å². The second kappa shape index (κ2) is 13.4. The number of amides is 3. The number of halogens is 2. The molecule has 3 aromatic rings. The maximum absolute atomic E-state index is 13.6. The van der Waals surface area contributed by atoms with E-state index in [1.807, 2.05) is 6.07 Å². The average Bonchev–Trinajstić information content (AvgIpc) is 3.35. The first-order valence-corrected chi connectivity index (χ1v) is 13.8. The molecule has 0 radical (unpaired) electrons. The Morgan fingerprint density at radius 2 is 1.78 bits per heavy atom. The Hall–Kier alpha value is -3.63. The van der Waals surface area contributed by atoms with Gasteiger partial charge in [0.25, 0.3) is 11.8 Å². The fourth-order valence-corrected chi connectivity index (χ4v) is 5.31. The number of likely N-dealkylation sites (tertiary alicyclic amines) is 1. The average molecular weight is 600 g/mol. The predicted octanol–water partition coefficient (Wildman–Crippen LogP) is 2.99. The maximum atomic E-state index is 13.6. The second-order valence-electron chi connectivity index (χ2n) is 10.0. The van der Waals surface area contributed by atoms with Crippen LogP contribution >= 0.6 is 23.2 Å². The topological polar surface area (TPSA) is 139 Å². The van der Waals surface area contributed by atoms with Crippen molar-refractivity contribution in [1.29, 1.82) is 0 Å². The summed E-state index contributed by atoms with van der Waals surface area (Å²) in [6.45, 7) is 1.50. The summed E-state index contributed by atoms with van der Waals surface area (Å²) >= 11 is 12.1. The summed E-state index contributed by atoms with van der Waals surface area (Å²) in [5, 5.41) is 38.0. The zero-order chi connectivity index (χ0) is 29.7. The molecule has 1 saturated heterocycles. The van der Waals surface area contributed by atoms with E-state index in [0.717, 1.165) is 10.5 Å². The van der Waals surface area contributed by atoms with Crippen molar-refractivity contribution in [3.05, 3.63) is 99.0 Å². The third kappa shape index (κ3) is 7.37. The molecule has 1 heterocycles. The molecule has 3 amide bonds. The molecule has 4 atom stereocenters. The quantitative estimate of drug-likeness (QED) is 0.256. The van der Waals surface area contributed by atoms with Gasteiger partial charge in [0, 0.05) is 40.7 Å². The van der Waals surface area contributed by atoms with Crippen LogP contribution in [0.25, 0.3) is 0 Å². The van der Waals surface area contributed by atoms with Crippen LogP contribution in [0.3, 0.4) is 0 Å². The summed E-state index contributed by atoms with van der Waals surface area (Å²) in [5.74, 6) is -1.97. The van der Waals surface area contributed by atoms with Crippen LogP contribution in [0.2, 0.25) is 10.0 Å². The van der Waals surface area contributed by atoms with E-state index in [-0.39, 0.29) is 37.2 Å². The summed E-state index contributed by atoms with van der Waals surface area (Å²) in [4.78, 5) is 41.0. The Kier molecular flexibility index (Phi) is 9.88. The van der Waals surface area contributed by atoms with Crippen molar-refractivity contribution in [2.45, 2.75) is 50.6 Å². The van der Waals surface area contributed by atoms with E-state index < -0.39 is 42.0 Å². The fourth-order valence-electron chi connectivity index (χ4n) is 4.84. The Bertz CT molecular complexity index is 1420. The van der Waals surface area contributed by atoms with Gasteiger partial charge >= 0.3 is 0 Å². The van der Waals surface area contributed by atoms with E-state index in [4.69, 9.17) is 23.2 Å². The first kappa shape index (κ1) is 30.3. The minimum atomic E-state index is -1.73. The number of aliphatic hydroxyl groups excluding tert-OH is 2. The van der Waals surface area contributed by atoms with Gasteiger partial charge in [-0.3, -0.25) is 14.4 Å². The number of β-amino-alcohol motifs (C(OH)–C–C–N with tert-alkyl or cyclic N) is 1. The molecule has 0 bridgehead atoms. The van der Waals surface area contributed by atoms with Crippen molar-refractivity contribution in [2.24, 2.45) is 0 Å². The van der Waals surface area contributed by atoms with Crippen molar-refractivity contribution >= 4 is 40.9 Å². The van der Waals surface area contributed by atoms with Crippen molar-refractivity contribution in [3.63, 3.8) is 0 Å². The molecule has 11 heteroatoms. The lowest BCUT2D eigenvalue weighted by molar-refractivity contribution is -0.146. The minimum absolute atomic E-state index is 0.0170. The molecule has 216 valence electrons. The molecule has 0 spiro atoms. The summed E-state index contributed by atoms with van der Waals surface area (Å²) in [7, 11) is 0. The number of phenolic OH excluding ortho intramolecular Hbond substituents is 1. The molecule has 0 saturated carbocycles. The molecule has 1 aliphatic heterocycles. The molecule has 0 aliphatic carbocycles. The number of benzene rings is 3. The zero-order valence-corrected chi connectivity index (χ0v) is 23.8. The van der Waals surface area contributed by atoms with Crippen LogP contribution < -0.4 is 10.6 Å². The highest BCUT2D eigenvalue weighted by molar-refractivity contribution is 6.35. The fraction of sp³-hybridized carbons (Fsp3) is 0.300. The lowest BCUT2D eigenvalue weighted by atomic mass is 9.98.